The first-order valence-electron chi connectivity index (χ1n) is 13.7. The number of H-pyrrole nitrogens is 1. The highest BCUT2D eigenvalue weighted by molar-refractivity contribution is 6.08. The molecular weight excluding hydrogens is 526 g/mol. The van der Waals surface area contributed by atoms with E-state index in [9.17, 15) is 19.5 Å². The molecule has 216 valence electrons. The Morgan fingerprint density at radius 2 is 1.98 bits per heavy atom. The third-order valence-corrected chi connectivity index (χ3v) is 7.63. The van der Waals surface area contributed by atoms with Crippen molar-refractivity contribution in [3.05, 3.63) is 71.0 Å². The summed E-state index contributed by atoms with van der Waals surface area (Å²) >= 11 is 0. The van der Waals surface area contributed by atoms with Crippen LogP contribution >= 0.6 is 0 Å². The van der Waals surface area contributed by atoms with Gasteiger partial charge in [-0.2, -0.15) is 15.4 Å². The van der Waals surface area contributed by atoms with Crippen LogP contribution in [0.3, 0.4) is 0 Å². The van der Waals surface area contributed by atoms with Gasteiger partial charge in [0.05, 0.1) is 31.6 Å². The monoisotopic (exact) mass is 561 g/mol. The van der Waals surface area contributed by atoms with Gasteiger partial charge in [0.2, 0.25) is 17.7 Å². The lowest BCUT2D eigenvalue weighted by molar-refractivity contribution is -0.131. The Balaban J connectivity index is 1.33. The number of carbonyl (C=O) groups excluding carboxylic acids is 3. The minimum atomic E-state index is -1.13. The number of benzene rings is 2. The molecule has 0 spiro atoms. The molecule has 5 N–H and O–H groups in total. The van der Waals surface area contributed by atoms with E-state index in [0.29, 0.717) is 36.3 Å². The molecule has 41 heavy (non-hydrogen) atoms. The third kappa shape index (κ3) is 5.93. The van der Waals surface area contributed by atoms with Crippen LogP contribution in [0.5, 0.6) is 5.75 Å². The van der Waals surface area contributed by atoms with Crippen LogP contribution in [-0.4, -0.2) is 63.5 Å². The van der Waals surface area contributed by atoms with Crippen molar-refractivity contribution >= 4 is 23.4 Å². The first-order valence-corrected chi connectivity index (χ1v) is 13.7. The number of nitrogens with one attached hydrogen (secondary N) is 4. The van der Waals surface area contributed by atoms with Gasteiger partial charge < -0.3 is 20.5 Å². The van der Waals surface area contributed by atoms with Crippen LogP contribution in [0.1, 0.15) is 48.9 Å². The van der Waals surface area contributed by atoms with Crippen molar-refractivity contribution in [1.82, 2.24) is 31.4 Å². The quantitative estimate of drug-likeness (QED) is 0.230. The smallest absolute Gasteiger partial charge is 0.250 e. The maximum Gasteiger partial charge on any atom is 0.250 e. The summed E-state index contributed by atoms with van der Waals surface area (Å²) in [5.41, 5.74) is 3.76. The lowest BCUT2D eigenvalue weighted by Gasteiger charge is -2.30. The molecule has 0 radical (unpaired) electrons. The second-order valence-electron chi connectivity index (χ2n) is 10.7. The average Bonchev–Trinajstić information content (AvgIpc) is 3.61. The van der Waals surface area contributed by atoms with Gasteiger partial charge in [0, 0.05) is 6.42 Å². The molecule has 0 aliphatic carbocycles. The average molecular weight is 562 g/mol. The molecule has 12 heteroatoms. The van der Waals surface area contributed by atoms with Crippen molar-refractivity contribution in [2.75, 3.05) is 12.0 Å². The summed E-state index contributed by atoms with van der Waals surface area (Å²) < 4.78 is 5.24. The predicted octanol–water partition coefficient (Wildman–Crippen LogP) is 1.12. The predicted molar refractivity (Wildman–Crippen MR) is 150 cm³/mol. The summed E-state index contributed by atoms with van der Waals surface area (Å²) in [5, 5.41) is 29.9. The summed E-state index contributed by atoms with van der Waals surface area (Å²) in [7, 11) is 1.54. The fourth-order valence-corrected chi connectivity index (χ4v) is 5.49. The van der Waals surface area contributed by atoms with Crippen molar-refractivity contribution in [2.24, 2.45) is 5.92 Å². The van der Waals surface area contributed by atoms with Gasteiger partial charge >= 0.3 is 0 Å². The third-order valence-electron chi connectivity index (χ3n) is 7.63. The minimum absolute atomic E-state index is 0.175. The molecule has 1 aromatic heterocycles. The van der Waals surface area contributed by atoms with Crippen LogP contribution in [0.15, 0.2) is 48.7 Å². The van der Waals surface area contributed by atoms with Crippen LogP contribution < -0.4 is 25.6 Å². The Kier molecular flexibility index (Phi) is 8.31. The van der Waals surface area contributed by atoms with Crippen molar-refractivity contribution < 1.29 is 24.2 Å². The van der Waals surface area contributed by atoms with Gasteiger partial charge in [0.15, 0.2) is 0 Å². The van der Waals surface area contributed by atoms with E-state index in [2.05, 4.69) is 31.4 Å². The molecule has 2 aliphatic heterocycles. The van der Waals surface area contributed by atoms with E-state index in [1.165, 1.54) is 6.20 Å². The van der Waals surface area contributed by atoms with Crippen molar-refractivity contribution in [3.63, 3.8) is 0 Å². The maximum absolute atomic E-state index is 14.0. The molecule has 5 rings (SSSR count). The number of aromatic nitrogens is 3. The Morgan fingerprint density at radius 1 is 1.20 bits per heavy atom. The SMILES string of the molecule is COc1cccc(C(O)N[C@H](C(=O)N[C@H]2CCc3cccc4c3N(C2=O)[C@H](C(=O)NCc2cn[nH]n2)C4)C(C)C)c1. The fraction of sp³-hybridized carbons (Fsp3) is 0.414. The number of methoxy groups -OCH3 is 1. The highest BCUT2D eigenvalue weighted by Crippen LogP contribution is 2.39. The summed E-state index contributed by atoms with van der Waals surface area (Å²) in [4.78, 5) is 42.4. The van der Waals surface area contributed by atoms with Gasteiger partial charge in [0.25, 0.3) is 0 Å². The van der Waals surface area contributed by atoms with E-state index >= 15 is 0 Å². The van der Waals surface area contributed by atoms with E-state index in [0.717, 1.165) is 16.8 Å². The molecule has 1 unspecified atom stereocenters. The number of hydrogen-bond acceptors (Lipinski definition) is 8. The van der Waals surface area contributed by atoms with Crippen molar-refractivity contribution in [2.45, 2.75) is 64.0 Å². The Bertz CT molecular complexity index is 1410. The second kappa shape index (κ2) is 12.1. The molecule has 12 nitrogen and oxygen atoms in total. The molecule has 3 heterocycles. The van der Waals surface area contributed by atoms with E-state index in [1.807, 2.05) is 32.0 Å². The number of hydrogen-bond donors (Lipinski definition) is 5. The number of anilines is 1. The number of carbonyl (C=O) groups is 3. The maximum atomic E-state index is 14.0. The van der Waals surface area contributed by atoms with Crippen LogP contribution in [0.25, 0.3) is 0 Å². The molecule has 0 bridgehead atoms. The molecule has 4 atom stereocenters. The van der Waals surface area contributed by atoms with Crippen LogP contribution in [0.4, 0.5) is 5.69 Å². The first-order chi connectivity index (χ1) is 19.8. The normalized spacial score (nSPS) is 19.3. The number of ether oxygens (including phenoxy) is 1. The van der Waals surface area contributed by atoms with E-state index in [-0.39, 0.29) is 24.3 Å². The number of aliphatic hydroxyl groups excluding tert-OH is 1. The standard InChI is InChI=1S/C29H35N7O5/c1-16(2)24(33-26(37)19-8-5-9-21(12-19)41-3)28(39)32-22-11-10-17-6-4-7-18-13-23(36(25(17)18)29(22)40)27(38)30-14-20-15-31-35-34-20/h4-9,12,15-16,22-24,26,33,37H,10-11,13-14H2,1-3H3,(H,30,38)(H,32,39)(H,31,34,35)/t22-,23-,24-,26?/m0/s1. The van der Waals surface area contributed by atoms with Gasteiger partial charge in [-0.1, -0.05) is 44.2 Å². The Hall–Kier alpha value is -4.29. The van der Waals surface area contributed by atoms with Gasteiger partial charge in [-0.3, -0.25) is 24.6 Å². The minimum Gasteiger partial charge on any atom is -0.497 e. The number of aliphatic hydroxyl groups is 1. The number of nitrogens with zero attached hydrogens (tertiary/aromatic N) is 3. The van der Waals surface area contributed by atoms with Crippen molar-refractivity contribution in [3.8, 4) is 5.75 Å². The molecule has 3 amide bonds. The number of aromatic amines is 1. The summed E-state index contributed by atoms with van der Waals surface area (Å²) in [6.45, 7) is 3.90. The Morgan fingerprint density at radius 3 is 2.71 bits per heavy atom. The molecule has 0 fully saturated rings. The Labute approximate surface area is 237 Å². The van der Waals surface area contributed by atoms with E-state index < -0.39 is 30.3 Å². The van der Waals surface area contributed by atoms with Crippen LogP contribution in [-0.2, 0) is 33.8 Å². The molecule has 2 aromatic carbocycles. The molecule has 0 saturated heterocycles. The molecular formula is C29H35N7O5. The number of aryl methyl sites for hydroxylation is 1. The summed E-state index contributed by atoms with van der Waals surface area (Å²) in [6, 6.07) is 10.4. The number of amides is 3. The van der Waals surface area contributed by atoms with Gasteiger partial charge in [-0.15, -0.1) is 0 Å². The van der Waals surface area contributed by atoms with Gasteiger partial charge in [0.1, 0.15) is 29.8 Å². The zero-order valence-electron chi connectivity index (χ0n) is 23.3. The largest absolute Gasteiger partial charge is 0.497 e. The number of rotatable bonds is 10. The lowest BCUT2D eigenvalue weighted by Crippen LogP contribution is -2.57. The summed E-state index contributed by atoms with van der Waals surface area (Å²) in [5.74, 6) is -0.653. The van der Waals surface area contributed by atoms with Gasteiger partial charge in [-0.25, -0.2) is 0 Å². The highest BCUT2D eigenvalue weighted by Gasteiger charge is 2.44. The summed E-state index contributed by atoms with van der Waals surface area (Å²) in [6.07, 6.45) is 1.72. The highest BCUT2D eigenvalue weighted by atomic mass is 16.5. The topological polar surface area (TPSA) is 162 Å². The fourth-order valence-electron chi connectivity index (χ4n) is 5.49. The van der Waals surface area contributed by atoms with Crippen molar-refractivity contribution in [1.29, 1.82) is 0 Å². The number of para-hydroxylation sites is 1. The first kappa shape index (κ1) is 28.2. The second-order valence-corrected chi connectivity index (χ2v) is 10.7. The lowest BCUT2D eigenvalue weighted by atomic mass is 9.99. The zero-order valence-corrected chi connectivity index (χ0v) is 23.3. The molecule has 3 aromatic rings. The van der Waals surface area contributed by atoms with E-state index in [1.54, 1.807) is 36.3 Å². The molecule has 2 aliphatic rings. The molecule has 0 saturated carbocycles. The van der Waals surface area contributed by atoms with Gasteiger partial charge in [-0.05, 0) is 47.6 Å². The van der Waals surface area contributed by atoms with Crippen LogP contribution in [0.2, 0.25) is 0 Å². The zero-order chi connectivity index (χ0) is 29.1. The van der Waals surface area contributed by atoms with E-state index in [4.69, 9.17) is 4.74 Å². The van der Waals surface area contributed by atoms with Crippen LogP contribution in [0, 0.1) is 5.92 Å².